The molecule has 0 spiro atoms. The van der Waals surface area contributed by atoms with Crippen molar-refractivity contribution in [3.8, 4) is 0 Å². The van der Waals surface area contributed by atoms with Crippen LogP contribution in [0.4, 0.5) is 0 Å². The first-order valence-electron chi connectivity index (χ1n) is 4.53. The number of hydrogen-bond acceptors (Lipinski definition) is 3. The van der Waals surface area contributed by atoms with E-state index >= 15 is 0 Å². The molecule has 1 atom stereocenters. The summed E-state index contributed by atoms with van der Waals surface area (Å²) in [5, 5.41) is 0. The van der Waals surface area contributed by atoms with Crippen molar-refractivity contribution in [2.24, 2.45) is 0 Å². The van der Waals surface area contributed by atoms with Crippen molar-refractivity contribution < 1.29 is 9.53 Å². The van der Waals surface area contributed by atoms with Crippen LogP contribution in [0.1, 0.15) is 25.0 Å². The van der Waals surface area contributed by atoms with E-state index in [1.807, 2.05) is 12.1 Å². The molecular weight excluding hydrogens is 178 g/mol. The van der Waals surface area contributed by atoms with Crippen molar-refractivity contribution in [1.82, 2.24) is 4.98 Å². The quantitative estimate of drug-likeness (QED) is 0.678. The minimum atomic E-state index is -0.166. The summed E-state index contributed by atoms with van der Waals surface area (Å²) in [7, 11) is 0. The van der Waals surface area contributed by atoms with Crippen LogP contribution in [0, 0.1) is 0 Å². The van der Waals surface area contributed by atoms with Crippen LogP contribution in [0.5, 0.6) is 0 Å². The molecule has 1 aliphatic rings. The molecular formula is C11H11NO2. The van der Waals surface area contributed by atoms with Crippen LogP contribution >= 0.6 is 0 Å². The average Bonchev–Trinajstić information content (AvgIpc) is 2.18. The zero-order valence-corrected chi connectivity index (χ0v) is 7.93. The molecule has 72 valence electrons. The summed E-state index contributed by atoms with van der Waals surface area (Å²) in [6, 6.07) is 3.76. The Balaban J connectivity index is 2.22. The standard InChI is InChI=1S/C11H11NO2/c1-8-5-10(13)6-11(14-8)9-3-2-4-12-7-9/h2-5,7,11H,6H2,1H3. The summed E-state index contributed by atoms with van der Waals surface area (Å²) in [6.45, 7) is 1.79. The largest absolute Gasteiger partial charge is 0.490 e. The molecule has 2 rings (SSSR count). The smallest absolute Gasteiger partial charge is 0.163 e. The van der Waals surface area contributed by atoms with Gasteiger partial charge in [-0.2, -0.15) is 0 Å². The van der Waals surface area contributed by atoms with Crippen LogP contribution in [-0.4, -0.2) is 10.8 Å². The molecule has 1 aliphatic heterocycles. The molecule has 0 amide bonds. The van der Waals surface area contributed by atoms with Crippen LogP contribution in [0.15, 0.2) is 36.4 Å². The van der Waals surface area contributed by atoms with Crippen LogP contribution in [-0.2, 0) is 9.53 Å². The van der Waals surface area contributed by atoms with Gasteiger partial charge in [0, 0.05) is 24.0 Å². The van der Waals surface area contributed by atoms with Gasteiger partial charge in [-0.05, 0) is 13.0 Å². The molecule has 2 heterocycles. The molecule has 0 radical (unpaired) electrons. The van der Waals surface area contributed by atoms with E-state index in [1.165, 1.54) is 6.08 Å². The van der Waals surface area contributed by atoms with Crippen LogP contribution in [0.2, 0.25) is 0 Å². The highest BCUT2D eigenvalue weighted by Crippen LogP contribution is 2.27. The number of ketones is 1. The van der Waals surface area contributed by atoms with E-state index in [0.717, 1.165) is 5.56 Å². The van der Waals surface area contributed by atoms with Crippen LogP contribution < -0.4 is 0 Å². The maximum Gasteiger partial charge on any atom is 0.163 e. The molecule has 0 aliphatic carbocycles. The highest BCUT2D eigenvalue weighted by molar-refractivity contribution is 5.91. The Hall–Kier alpha value is -1.64. The predicted octanol–water partition coefficient (Wildman–Crippen LogP) is 2.02. The number of aromatic nitrogens is 1. The number of pyridine rings is 1. The summed E-state index contributed by atoms with van der Waals surface area (Å²) in [4.78, 5) is 15.3. The summed E-state index contributed by atoms with van der Waals surface area (Å²) >= 11 is 0. The Morgan fingerprint density at radius 2 is 2.43 bits per heavy atom. The Morgan fingerprint density at radius 1 is 1.57 bits per heavy atom. The lowest BCUT2D eigenvalue weighted by atomic mass is 10.0. The monoisotopic (exact) mass is 189 g/mol. The van der Waals surface area contributed by atoms with Crippen molar-refractivity contribution in [3.63, 3.8) is 0 Å². The van der Waals surface area contributed by atoms with E-state index in [1.54, 1.807) is 19.3 Å². The molecule has 14 heavy (non-hydrogen) atoms. The Kier molecular flexibility index (Phi) is 2.31. The molecule has 0 saturated heterocycles. The highest BCUT2D eigenvalue weighted by Gasteiger charge is 2.21. The minimum Gasteiger partial charge on any atom is -0.490 e. The number of carbonyl (C=O) groups is 1. The molecule has 1 aromatic heterocycles. The molecule has 0 aromatic carbocycles. The van der Waals surface area contributed by atoms with Crippen molar-refractivity contribution >= 4 is 5.78 Å². The average molecular weight is 189 g/mol. The van der Waals surface area contributed by atoms with Gasteiger partial charge in [0.25, 0.3) is 0 Å². The number of nitrogens with zero attached hydrogens (tertiary/aromatic N) is 1. The lowest BCUT2D eigenvalue weighted by Crippen LogP contribution is -2.14. The lowest BCUT2D eigenvalue weighted by Gasteiger charge is -2.22. The van der Waals surface area contributed by atoms with E-state index in [9.17, 15) is 4.79 Å². The Bertz CT molecular complexity index is 370. The number of ether oxygens (including phenoxy) is 1. The van der Waals surface area contributed by atoms with Gasteiger partial charge in [0.05, 0.1) is 12.2 Å². The van der Waals surface area contributed by atoms with Gasteiger partial charge in [-0.3, -0.25) is 9.78 Å². The number of hydrogen-bond donors (Lipinski definition) is 0. The SMILES string of the molecule is CC1=CC(=O)CC(c2cccnc2)O1. The fourth-order valence-corrected chi connectivity index (χ4v) is 1.52. The zero-order chi connectivity index (χ0) is 9.97. The zero-order valence-electron chi connectivity index (χ0n) is 7.93. The molecule has 0 fully saturated rings. The van der Waals surface area contributed by atoms with Crippen molar-refractivity contribution in [2.75, 3.05) is 0 Å². The van der Waals surface area contributed by atoms with E-state index in [-0.39, 0.29) is 11.9 Å². The first kappa shape index (κ1) is 8.94. The van der Waals surface area contributed by atoms with Gasteiger partial charge >= 0.3 is 0 Å². The van der Waals surface area contributed by atoms with Crippen LogP contribution in [0.3, 0.4) is 0 Å². The van der Waals surface area contributed by atoms with Gasteiger partial charge in [-0.25, -0.2) is 0 Å². The molecule has 0 N–H and O–H groups in total. The fraction of sp³-hybridized carbons (Fsp3) is 0.273. The summed E-state index contributed by atoms with van der Waals surface area (Å²) < 4.78 is 5.54. The normalized spacial score (nSPS) is 21.4. The first-order chi connectivity index (χ1) is 6.75. The number of rotatable bonds is 1. The second kappa shape index (κ2) is 3.62. The van der Waals surface area contributed by atoms with E-state index in [4.69, 9.17) is 4.74 Å². The van der Waals surface area contributed by atoms with Gasteiger partial charge in [0.1, 0.15) is 6.10 Å². The molecule has 0 bridgehead atoms. The summed E-state index contributed by atoms with van der Waals surface area (Å²) in [6.07, 6.45) is 5.21. The molecule has 3 heteroatoms. The predicted molar refractivity (Wildman–Crippen MR) is 51.4 cm³/mol. The molecule has 3 nitrogen and oxygen atoms in total. The third-order valence-corrected chi connectivity index (χ3v) is 2.14. The molecule has 1 aromatic rings. The first-order valence-corrected chi connectivity index (χ1v) is 4.53. The van der Waals surface area contributed by atoms with E-state index in [0.29, 0.717) is 12.2 Å². The third-order valence-electron chi connectivity index (χ3n) is 2.14. The maximum absolute atomic E-state index is 11.3. The summed E-state index contributed by atoms with van der Waals surface area (Å²) in [5.41, 5.74) is 0.952. The van der Waals surface area contributed by atoms with Gasteiger partial charge in [-0.15, -0.1) is 0 Å². The minimum absolute atomic E-state index is 0.114. The second-order valence-electron chi connectivity index (χ2n) is 3.32. The van der Waals surface area contributed by atoms with Gasteiger partial charge in [-0.1, -0.05) is 6.07 Å². The Labute approximate surface area is 82.4 Å². The summed E-state index contributed by atoms with van der Waals surface area (Å²) in [5.74, 6) is 0.790. The topological polar surface area (TPSA) is 39.2 Å². The second-order valence-corrected chi connectivity index (χ2v) is 3.32. The van der Waals surface area contributed by atoms with Gasteiger partial charge in [0.2, 0.25) is 0 Å². The third kappa shape index (κ3) is 1.82. The van der Waals surface area contributed by atoms with Gasteiger partial charge < -0.3 is 4.74 Å². The number of carbonyl (C=O) groups excluding carboxylic acids is 1. The van der Waals surface area contributed by atoms with E-state index in [2.05, 4.69) is 4.98 Å². The molecule has 0 saturated carbocycles. The van der Waals surface area contributed by atoms with Crippen molar-refractivity contribution in [2.45, 2.75) is 19.4 Å². The molecule has 1 unspecified atom stereocenters. The fourth-order valence-electron chi connectivity index (χ4n) is 1.52. The van der Waals surface area contributed by atoms with Crippen molar-refractivity contribution in [3.05, 3.63) is 41.9 Å². The highest BCUT2D eigenvalue weighted by atomic mass is 16.5. The Morgan fingerprint density at radius 3 is 3.07 bits per heavy atom. The number of allylic oxidation sites excluding steroid dienone is 2. The van der Waals surface area contributed by atoms with Crippen LogP contribution in [0.25, 0.3) is 0 Å². The van der Waals surface area contributed by atoms with Gasteiger partial charge in [0.15, 0.2) is 5.78 Å². The van der Waals surface area contributed by atoms with E-state index < -0.39 is 0 Å². The maximum atomic E-state index is 11.3. The van der Waals surface area contributed by atoms with Crippen molar-refractivity contribution in [1.29, 1.82) is 0 Å². The lowest BCUT2D eigenvalue weighted by molar-refractivity contribution is -0.118.